The molecule has 0 spiro atoms. The fraction of sp³-hybridized carbons (Fsp3) is 0.500. The van der Waals surface area contributed by atoms with Gasteiger partial charge in [-0.05, 0) is 49.6 Å². The van der Waals surface area contributed by atoms with Crippen LogP contribution in [-0.2, 0) is 13.0 Å². The van der Waals surface area contributed by atoms with Crippen molar-refractivity contribution in [3.63, 3.8) is 0 Å². The minimum absolute atomic E-state index is 0.751. The van der Waals surface area contributed by atoms with E-state index in [-0.39, 0.29) is 0 Å². The first-order valence-corrected chi connectivity index (χ1v) is 5.70. The van der Waals surface area contributed by atoms with E-state index in [0.29, 0.717) is 0 Å². The standard InChI is InChI=1S/C12H16ClNO/c1-8-9(7-14-2)6-11(13)12-10(8)4-3-5-15-12/h6,14H,3-5,7H2,1-2H3. The lowest BCUT2D eigenvalue weighted by atomic mass is 9.96. The van der Waals surface area contributed by atoms with Crippen LogP contribution in [0.2, 0.25) is 5.02 Å². The van der Waals surface area contributed by atoms with Gasteiger partial charge in [0.2, 0.25) is 0 Å². The van der Waals surface area contributed by atoms with Crippen LogP contribution in [0.3, 0.4) is 0 Å². The van der Waals surface area contributed by atoms with Crippen molar-refractivity contribution in [3.05, 3.63) is 27.8 Å². The summed E-state index contributed by atoms with van der Waals surface area (Å²) in [6, 6.07) is 2.01. The molecule has 0 saturated carbocycles. The van der Waals surface area contributed by atoms with E-state index < -0.39 is 0 Å². The predicted octanol–water partition coefficient (Wildman–Crippen LogP) is 2.69. The lowest BCUT2D eigenvalue weighted by Gasteiger charge is -2.22. The average Bonchev–Trinajstić information content (AvgIpc) is 2.26. The molecule has 1 N–H and O–H groups in total. The van der Waals surface area contributed by atoms with E-state index in [9.17, 15) is 0 Å². The molecule has 1 aromatic carbocycles. The quantitative estimate of drug-likeness (QED) is 0.836. The zero-order chi connectivity index (χ0) is 10.8. The Bertz CT molecular complexity index is 376. The van der Waals surface area contributed by atoms with Gasteiger partial charge in [0, 0.05) is 6.54 Å². The van der Waals surface area contributed by atoms with Crippen molar-refractivity contribution in [1.29, 1.82) is 0 Å². The van der Waals surface area contributed by atoms with Crippen molar-refractivity contribution in [1.82, 2.24) is 5.32 Å². The molecule has 3 heteroatoms. The van der Waals surface area contributed by atoms with Gasteiger partial charge in [-0.25, -0.2) is 0 Å². The minimum atomic E-state index is 0.751. The topological polar surface area (TPSA) is 21.3 Å². The smallest absolute Gasteiger partial charge is 0.141 e. The molecule has 82 valence electrons. The maximum atomic E-state index is 6.20. The van der Waals surface area contributed by atoms with Crippen molar-refractivity contribution in [2.24, 2.45) is 0 Å². The number of hydrogen-bond acceptors (Lipinski definition) is 2. The summed E-state index contributed by atoms with van der Waals surface area (Å²) < 4.78 is 5.62. The van der Waals surface area contributed by atoms with E-state index in [1.807, 2.05) is 13.1 Å². The normalized spacial score (nSPS) is 14.6. The zero-order valence-electron chi connectivity index (χ0n) is 9.19. The molecule has 2 nitrogen and oxygen atoms in total. The van der Waals surface area contributed by atoms with E-state index in [1.165, 1.54) is 16.7 Å². The summed E-state index contributed by atoms with van der Waals surface area (Å²) in [6.45, 7) is 3.80. The Morgan fingerprint density at radius 3 is 3.07 bits per heavy atom. The van der Waals surface area contributed by atoms with E-state index in [2.05, 4.69) is 12.2 Å². The van der Waals surface area contributed by atoms with Gasteiger partial charge >= 0.3 is 0 Å². The molecule has 0 unspecified atom stereocenters. The number of halogens is 1. The third-order valence-corrected chi connectivity index (χ3v) is 3.19. The van der Waals surface area contributed by atoms with E-state index in [4.69, 9.17) is 16.3 Å². The van der Waals surface area contributed by atoms with Gasteiger partial charge in [-0.3, -0.25) is 0 Å². The van der Waals surface area contributed by atoms with Gasteiger partial charge in [-0.2, -0.15) is 0 Å². The van der Waals surface area contributed by atoms with E-state index in [1.54, 1.807) is 0 Å². The van der Waals surface area contributed by atoms with Crippen molar-refractivity contribution in [2.45, 2.75) is 26.3 Å². The van der Waals surface area contributed by atoms with Crippen LogP contribution in [-0.4, -0.2) is 13.7 Å². The molecule has 1 aliphatic heterocycles. The van der Waals surface area contributed by atoms with E-state index in [0.717, 1.165) is 36.8 Å². The number of hydrogen-bond donors (Lipinski definition) is 1. The van der Waals surface area contributed by atoms with Gasteiger partial charge in [0.1, 0.15) is 5.75 Å². The van der Waals surface area contributed by atoms with Crippen LogP contribution in [0.4, 0.5) is 0 Å². The Labute approximate surface area is 95.6 Å². The van der Waals surface area contributed by atoms with Crippen molar-refractivity contribution < 1.29 is 4.74 Å². The highest BCUT2D eigenvalue weighted by Gasteiger charge is 2.18. The summed E-state index contributed by atoms with van der Waals surface area (Å²) >= 11 is 6.20. The molecule has 2 rings (SSSR count). The Hall–Kier alpha value is -0.730. The summed E-state index contributed by atoms with van der Waals surface area (Å²) in [6.07, 6.45) is 2.17. The third-order valence-electron chi connectivity index (χ3n) is 2.91. The summed E-state index contributed by atoms with van der Waals surface area (Å²) in [4.78, 5) is 0. The van der Waals surface area contributed by atoms with Gasteiger partial charge in [0.15, 0.2) is 0 Å². The molecule has 0 amide bonds. The number of rotatable bonds is 2. The molecule has 0 saturated heterocycles. The van der Waals surface area contributed by atoms with Crippen molar-refractivity contribution in [3.8, 4) is 5.75 Å². The molecule has 0 fully saturated rings. The largest absolute Gasteiger partial charge is 0.492 e. The monoisotopic (exact) mass is 225 g/mol. The summed E-state index contributed by atoms with van der Waals surface area (Å²) in [5.74, 6) is 0.903. The molecule has 1 aromatic rings. The van der Waals surface area contributed by atoms with Gasteiger partial charge < -0.3 is 10.1 Å². The lowest BCUT2D eigenvalue weighted by Crippen LogP contribution is -2.14. The van der Waals surface area contributed by atoms with Gasteiger partial charge in [-0.1, -0.05) is 11.6 Å². The Balaban J connectivity index is 2.49. The van der Waals surface area contributed by atoms with E-state index >= 15 is 0 Å². The second-order valence-corrected chi connectivity index (χ2v) is 4.34. The lowest BCUT2D eigenvalue weighted by molar-refractivity contribution is 0.288. The van der Waals surface area contributed by atoms with Gasteiger partial charge in [-0.15, -0.1) is 0 Å². The molecule has 1 aliphatic rings. The molecular formula is C12H16ClNO. The second-order valence-electron chi connectivity index (χ2n) is 3.93. The number of nitrogens with one attached hydrogen (secondary N) is 1. The zero-order valence-corrected chi connectivity index (χ0v) is 9.95. The summed E-state index contributed by atoms with van der Waals surface area (Å²) in [5, 5.41) is 3.91. The van der Waals surface area contributed by atoms with Crippen LogP contribution in [0.1, 0.15) is 23.1 Å². The molecular weight excluding hydrogens is 210 g/mol. The Morgan fingerprint density at radius 2 is 2.33 bits per heavy atom. The highest BCUT2D eigenvalue weighted by Crippen LogP contribution is 2.36. The summed E-state index contributed by atoms with van der Waals surface area (Å²) in [7, 11) is 1.95. The molecule has 15 heavy (non-hydrogen) atoms. The van der Waals surface area contributed by atoms with Crippen LogP contribution in [0.15, 0.2) is 6.07 Å². The van der Waals surface area contributed by atoms with Crippen LogP contribution < -0.4 is 10.1 Å². The third kappa shape index (κ3) is 1.97. The average molecular weight is 226 g/mol. The van der Waals surface area contributed by atoms with Crippen LogP contribution in [0.5, 0.6) is 5.75 Å². The van der Waals surface area contributed by atoms with Gasteiger partial charge in [0.25, 0.3) is 0 Å². The van der Waals surface area contributed by atoms with Crippen LogP contribution >= 0.6 is 11.6 Å². The van der Waals surface area contributed by atoms with Crippen LogP contribution in [0, 0.1) is 6.92 Å². The first-order valence-electron chi connectivity index (χ1n) is 5.32. The highest BCUT2D eigenvalue weighted by atomic mass is 35.5. The number of benzene rings is 1. The number of fused-ring (bicyclic) bond motifs is 1. The van der Waals surface area contributed by atoms with Crippen molar-refractivity contribution in [2.75, 3.05) is 13.7 Å². The Kier molecular flexibility index (Phi) is 3.17. The molecule has 0 bridgehead atoms. The summed E-state index contributed by atoms with van der Waals surface area (Å²) in [5.41, 5.74) is 3.88. The molecule has 0 atom stereocenters. The fourth-order valence-corrected chi connectivity index (χ4v) is 2.39. The molecule has 0 radical (unpaired) electrons. The Morgan fingerprint density at radius 1 is 1.53 bits per heavy atom. The fourth-order valence-electron chi connectivity index (χ4n) is 2.09. The second kappa shape index (κ2) is 4.42. The first kappa shape index (κ1) is 10.8. The van der Waals surface area contributed by atoms with Crippen molar-refractivity contribution >= 4 is 11.6 Å². The molecule has 0 aromatic heterocycles. The molecule has 1 heterocycles. The highest BCUT2D eigenvalue weighted by molar-refractivity contribution is 6.32. The van der Waals surface area contributed by atoms with Gasteiger partial charge in [0.05, 0.1) is 11.6 Å². The number of ether oxygens (including phenoxy) is 1. The predicted molar refractivity (Wildman–Crippen MR) is 62.8 cm³/mol. The minimum Gasteiger partial charge on any atom is -0.492 e. The SMILES string of the molecule is CNCc1cc(Cl)c2c(c1C)CCCO2. The maximum absolute atomic E-state index is 6.20. The van der Waals surface area contributed by atoms with Crippen LogP contribution in [0.25, 0.3) is 0 Å². The molecule has 0 aliphatic carbocycles. The maximum Gasteiger partial charge on any atom is 0.141 e. The first-order chi connectivity index (χ1) is 7.24.